The summed E-state index contributed by atoms with van der Waals surface area (Å²) in [6.07, 6.45) is 1.36. The largest absolute Gasteiger partial charge is 0.383 e. The van der Waals surface area contributed by atoms with Crippen molar-refractivity contribution in [1.82, 2.24) is 24.8 Å². The lowest BCUT2D eigenvalue weighted by Crippen LogP contribution is -2.37. The number of nitrogens with one attached hydrogen (secondary N) is 2. The molecule has 0 saturated carbocycles. The van der Waals surface area contributed by atoms with Crippen LogP contribution >= 0.6 is 0 Å². The summed E-state index contributed by atoms with van der Waals surface area (Å²) >= 11 is 0. The molecular formula is C15H21N5O4. The SMILES string of the molecule is COCCNCCNC(=O)c1cnc2c(c1)c(=O)n(C)c(=O)n2C. The van der Waals surface area contributed by atoms with Gasteiger partial charge in [-0.1, -0.05) is 0 Å². The van der Waals surface area contributed by atoms with Gasteiger partial charge in [-0.25, -0.2) is 9.78 Å². The number of rotatable bonds is 7. The maximum absolute atomic E-state index is 12.2. The maximum Gasteiger partial charge on any atom is 0.332 e. The zero-order valence-electron chi connectivity index (χ0n) is 14.0. The van der Waals surface area contributed by atoms with Crippen molar-refractivity contribution >= 4 is 16.9 Å². The highest BCUT2D eigenvalue weighted by Crippen LogP contribution is 2.07. The van der Waals surface area contributed by atoms with E-state index in [1.165, 1.54) is 30.9 Å². The van der Waals surface area contributed by atoms with Crippen LogP contribution in [0.3, 0.4) is 0 Å². The monoisotopic (exact) mass is 335 g/mol. The minimum atomic E-state index is -0.475. The van der Waals surface area contributed by atoms with Gasteiger partial charge in [0.15, 0.2) is 0 Å². The molecule has 0 radical (unpaired) electrons. The Morgan fingerprint density at radius 1 is 1.21 bits per heavy atom. The number of aromatic nitrogens is 3. The molecule has 9 heteroatoms. The highest BCUT2D eigenvalue weighted by atomic mass is 16.5. The molecule has 24 heavy (non-hydrogen) atoms. The minimum Gasteiger partial charge on any atom is -0.383 e. The van der Waals surface area contributed by atoms with Crippen molar-refractivity contribution in [2.45, 2.75) is 0 Å². The van der Waals surface area contributed by atoms with E-state index in [0.717, 1.165) is 4.57 Å². The van der Waals surface area contributed by atoms with Crippen LogP contribution in [-0.4, -0.2) is 53.4 Å². The molecule has 2 aromatic rings. The maximum atomic E-state index is 12.2. The fourth-order valence-corrected chi connectivity index (χ4v) is 2.26. The molecule has 2 aromatic heterocycles. The third-order valence-corrected chi connectivity index (χ3v) is 3.63. The highest BCUT2D eigenvalue weighted by molar-refractivity contribution is 5.96. The fraction of sp³-hybridized carbons (Fsp3) is 0.467. The third kappa shape index (κ3) is 3.69. The Balaban J connectivity index is 2.15. The van der Waals surface area contributed by atoms with E-state index in [1.807, 2.05) is 0 Å². The van der Waals surface area contributed by atoms with Crippen molar-refractivity contribution < 1.29 is 9.53 Å². The Labute approximate surface area is 138 Å². The number of hydrogen-bond acceptors (Lipinski definition) is 6. The van der Waals surface area contributed by atoms with Gasteiger partial charge in [0, 0.05) is 47.0 Å². The van der Waals surface area contributed by atoms with Gasteiger partial charge in [-0.15, -0.1) is 0 Å². The van der Waals surface area contributed by atoms with Crippen LogP contribution < -0.4 is 21.9 Å². The highest BCUT2D eigenvalue weighted by Gasteiger charge is 2.13. The van der Waals surface area contributed by atoms with E-state index in [4.69, 9.17) is 4.74 Å². The summed E-state index contributed by atoms with van der Waals surface area (Å²) in [5, 5.41) is 6.07. The van der Waals surface area contributed by atoms with Crippen LogP contribution in [0.5, 0.6) is 0 Å². The van der Waals surface area contributed by atoms with Crippen LogP contribution in [0.25, 0.3) is 11.0 Å². The number of aryl methyl sites for hydroxylation is 1. The molecule has 0 aliphatic heterocycles. The molecular weight excluding hydrogens is 314 g/mol. The number of fused-ring (bicyclic) bond motifs is 1. The van der Waals surface area contributed by atoms with Crippen molar-refractivity contribution in [3.8, 4) is 0 Å². The lowest BCUT2D eigenvalue weighted by atomic mass is 10.2. The Bertz CT molecular complexity index is 855. The van der Waals surface area contributed by atoms with Crippen molar-refractivity contribution in [3.63, 3.8) is 0 Å². The Morgan fingerprint density at radius 3 is 2.67 bits per heavy atom. The molecule has 0 saturated heterocycles. The summed E-state index contributed by atoms with van der Waals surface area (Å²) in [6, 6.07) is 1.46. The molecule has 0 fully saturated rings. The second kappa shape index (κ2) is 7.84. The van der Waals surface area contributed by atoms with E-state index >= 15 is 0 Å². The lowest BCUT2D eigenvalue weighted by molar-refractivity contribution is 0.0953. The normalized spacial score (nSPS) is 11.0. The summed E-state index contributed by atoms with van der Waals surface area (Å²) in [5.74, 6) is -0.325. The fourth-order valence-electron chi connectivity index (χ4n) is 2.26. The molecule has 0 aliphatic rings. The van der Waals surface area contributed by atoms with Gasteiger partial charge in [-0.2, -0.15) is 0 Å². The quantitative estimate of drug-likeness (QED) is 0.603. The van der Waals surface area contributed by atoms with E-state index < -0.39 is 11.2 Å². The van der Waals surface area contributed by atoms with Crippen LogP contribution in [0, 0.1) is 0 Å². The molecule has 0 aromatic carbocycles. The third-order valence-electron chi connectivity index (χ3n) is 3.63. The summed E-state index contributed by atoms with van der Waals surface area (Å²) < 4.78 is 7.17. The lowest BCUT2D eigenvalue weighted by Gasteiger charge is -2.09. The average molecular weight is 335 g/mol. The van der Waals surface area contributed by atoms with Gasteiger partial charge in [-0.05, 0) is 6.07 Å². The molecule has 1 amide bonds. The molecule has 2 N–H and O–H groups in total. The van der Waals surface area contributed by atoms with Gasteiger partial charge >= 0.3 is 5.69 Å². The zero-order valence-corrected chi connectivity index (χ0v) is 14.0. The van der Waals surface area contributed by atoms with Crippen LogP contribution in [0.4, 0.5) is 0 Å². The van der Waals surface area contributed by atoms with Gasteiger partial charge in [0.1, 0.15) is 5.65 Å². The summed E-state index contributed by atoms with van der Waals surface area (Å²) in [7, 11) is 4.54. The van der Waals surface area contributed by atoms with E-state index in [2.05, 4.69) is 15.6 Å². The Kier molecular flexibility index (Phi) is 5.83. The predicted molar refractivity (Wildman–Crippen MR) is 89.3 cm³/mol. The van der Waals surface area contributed by atoms with Crippen molar-refractivity contribution in [2.75, 3.05) is 33.4 Å². The van der Waals surface area contributed by atoms with Gasteiger partial charge in [0.2, 0.25) is 0 Å². The molecule has 0 spiro atoms. The first-order valence-electron chi connectivity index (χ1n) is 7.51. The summed E-state index contributed by atoms with van der Waals surface area (Å²) in [4.78, 5) is 40.3. The number of pyridine rings is 1. The summed E-state index contributed by atoms with van der Waals surface area (Å²) in [6.45, 7) is 2.34. The first-order chi connectivity index (χ1) is 11.5. The van der Waals surface area contributed by atoms with Crippen molar-refractivity contribution in [3.05, 3.63) is 38.7 Å². The molecule has 0 unspecified atom stereocenters. The van der Waals surface area contributed by atoms with Gasteiger partial charge in [-0.3, -0.25) is 18.7 Å². The van der Waals surface area contributed by atoms with Crippen molar-refractivity contribution in [2.24, 2.45) is 14.1 Å². The van der Waals surface area contributed by atoms with Gasteiger partial charge in [0.05, 0.1) is 17.6 Å². The van der Waals surface area contributed by atoms with Crippen LogP contribution in [-0.2, 0) is 18.8 Å². The smallest absolute Gasteiger partial charge is 0.332 e. The Morgan fingerprint density at radius 2 is 1.96 bits per heavy atom. The van der Waals surface area contributed by atoms with Crippen molar-refractivity contribution in [1.29, 1.82) is 0 Å². The number of methoxy groups -OCH3 is 1. The number of amides is 1. The molecule has 9 nitrogen and oxygen atoms in total. The number of nitrogens with zero attached hydrogens (tertiary/aromatic N) is 3. The van der Waals surface area contributed by atoms with E-state index in [9.17, 15) is 14.4 Å². The molecule has 130 valence electrons. The van der Waals surface area contributed by atoms with Gasteiger partial charge in [0.25, 0.3) is 11.5 Å². The Hall–Kier alpha value is -2.52. The average Bonchev–Trinajstić information content (AvgIpc) is 2.60. The second-order valence-corrected chi connectivity index (χ2v) is 5.30. The molecule has 0 bridgehead atoms. The number of ether oxygens (including phenoxy) is 1. The van der Waals surface area contributed by atoms with Crippen LogP contribution in [0.15, 0.2) is 21.9 Å². The van der Waals surface area contributed by atoms with Gasteiger partial charge < -0.3 is 15.4 Å². The number of carbonyl (C=O) groups is 1. The number of carbonyl (C=O) groups excluding carboxylic acids is 1. The van der Waals surface area contributed by atoms with E-state index in [1.54, 1.807) is 7.11 Å². The minimum absolute atomic E-state index is 0.227. The van der Waals surface area contributed by atoms with E-state index in [-0.39, 0.29) is 22.5 Å². The molecule has 2 rings (SSSR count). The standard InChI is InChI=1S/C15H21N5O4/c1-19-12-11(14(22)20(2)15(19)23)8-10(9-18-12)13(21)17-5-4-16-6-7-24-3/h8-9,16H,4-7H2,1-3H3,(H,17,21). The van der Waals surface area contributed by atoms with Crippen LogP contribution in [0.1, 0.15) is 10.4 Å². The van der Waals surface area contributed by atoms with Crippen LogP contribution in [0.2, 0.25) is 0 Å². The first-order valence-corrected chi connectivity index (χ1v) is 7.51. The van der Waals surface area contributed by atoms with E-state index in [0.29, 0.717) is 26.2 Å². The topological polar surface area (TPSA) is 107 Å². The molecule has 2 heterocycles. The molecule has 0 atom stereocenters. The first kappa shape index (κ1) is 17.8. The number of hydrogen-bond donors (Lipinski definition) is 2. The zero-order chi connectivity index (χ0) is 17.7. The molecule has 0 aliphatic carbocycles. The predicted octanol–water partition coefficient (Wildman–Crippen LogP) is -1.40. The summed E-state index contributed by atoms with van der Waals surface area (Å²) in [5.41, 5.74) is -0.410. The second-order valence-electron chi connectivity index (χ2n) is 5.30.